The summed E-state index contributed by atoms with van der Waals surface area (Å²) in [5.41, 5.74) is 5.84. The Bertz CT molecular complexity index is 1350. The Kier molecular flexibility index (Phi) is 25.4. The van der Waals surface area contributed by atoms with Crippen molar-refractivity contribution in [2.24, 2.45) is 23.5 Å². The molecule has 0 spiro atoms. The molecule has 7 N–H and O–H groups in total. The zero-order chi connectivity index (χ0) is 42.0. The minimum atomic E-state index is -1.30. The number of hydrogen-bond acceptors (Lipinski definition) is 9. The largest absolute Gasteiger partial charge is 0.393 e. The van der Waals surface area contributed by atoms with Gasteiger partial charge in [0.2, 0.25) is 23.6 Å². The van der Waals surface area contributed by atoms with Gasteiger partial charge in [0.1, 0.15) is 0 Å². The van der Waals surface area contributed by atoms with E-state index < -0.39 is 78.2 Å². The number of amides is 4. The predicted octanol–water partition coefficient (Wildman–Crippen LogP) is 4.95. The third-order valence-corrected chi connectivity index (χ3v) is 10.3. The van der Waals surface area contributed by atoms with Crippen LogP contribution in [0.2, 0.25) is 0 Å². The number of primary amides is 1. The minimum absolute atomic E-state index is 0.0333. The first kappa shape index (κ1) is 50.1. The maximum atomic E-state index is 13.7. The Balaban J connectivity index is 2.77. The van der Waals surface area contributed by atoms with Gasteiger partial charge in [0.15, 0.2) is 17.3 Å². The molecule has 0 bridgehead atoms. The molecule has 318 valence electrons. The van der Waals surface area contributed by atoms with Crippen molar-refractivity contribution in [2.75, 3.05) is 0 Å². The molecule has 0 aromatic carbocycles. The second kappa shape index (κ2) is 28.5. The minimum Gasteiger partial charge on any atom is -0.393 e. The molecule has 0 radical (unpaired) electrons. The van der Waals surface area contributed by atoms with E-state index in [2.05, 4.69) is 32.8 Å². The molecule has 6 atom stereocenters. The second-order valence-corrected chi connectivity index (χ2v) is 15.7. The molecule has 1 heterocycles. The Labute approximate surface area is 334 Å². The molecule has 4 amide bonds. The van der Waals surface area contributed by atoms with Crippen molar-refractivity contribution >= 4 is 41.0 Å². The van der Waals surface area contributed by atoms with Crippen LogP contribution in [0.15, 0.2) is 12.5 Å². The van der Waals surface area contributed by atoms with Gasteiger partial charge in [-0.3, -0.25) is 33.6 Å². The van der Waals surface area contributed by atoms with Crippen LogP contribution >= 0.6 is 0 Å². The van der Waals surface area contributed by atoms with Gasteiger partial charge >= 0.3 is 0 Å². The van der Waals surface area contributed by atoms with Crippen LogP contribution in [-0.2, 0) is 40.0 Å². The van der Waals surface area contributed by atoms with E-state index >= 15 is 0 Å². The quantitative estimate of drug-likeness (QED) is 0.0529. The van der Waals surface area contributed by atoms with E-state index in [1.165, 1.54) is 84.2 Å². The van der Waals surface area contributed by atoms with Crippen molar-refractivity contribution in [1.29, 1.82) is 0 Å². The van der Waals surface area contributed by atoms with Crippen LogP contribution in [0.25, 0.3) is 0 Å². The van der Waals surface area contributed by atoms with Crippen LogP contribution in [0.4, 0.5) is 0 Å². The van der Waals surface area contributed by atoms with E-state index in [9.17, 15) is 38.7 Å². The lowest BCUT2D eigenvalue weighted by Crippen LogP contribution is -2.49. The topological polar surface area (TPSA) is 231 Å². The number of carbonyl (C=O) groups is 7. The molecule has 0 saturated heterocycles. The van der Waals surface area contributed by atoms with E-state index in [1.807, 2.05) is 13.8 Å². The van der Waals surface area contributed by atoms with Crippen molar-refractivity contribution in [3.8, 4) is 0 Å². The fourth-order valence-electron chi connectivity index (χ4n) is 6.72. The molecule has 0 unspecified atom stereocenters. The van der Waals surface area contributed by atoms with Gasteiger partial charge in [-0.2, -0.15) is 0 Å². The summed E-state index contributed by atoms with van der Waals surface area (Å²) in [6.07, 6.45) is 16.7. The summed E-state index contributed by atoms with van der Waals surface area (Å²) >= 11 is 0. The average Bonchev–Trinajstić information content (AvgIpc) is 3.66. The number of aromatic nitrogens is 2. The van der Waals surface area contributed by atoms with Gasteiger partial charge < -0.3 is 31.8 Å². The zero-order valence-electron chi connectivity index (χ0n) is 35.0. The molecule has 14 heteroatoms. The fraction of sp³-hybridized carbons (Fsp3) is 0.762. The molecule has 1 aromatic rings. The van der Waals surface area contributed by atoms with Gasteiger partial charge in [0, 0.05) is 44.0 Å². The summed E-state index contributed by atoms with van der Waals surface area (Å²) in [6, 6.07) is -3.10. The van der Waals surface area contributed by atoms with E-state index in [0.717, 1.165) is 25.7 Å². The Morgan fingerprint density at radius 1 is 0.714 bits per heavy atom. The average molecular weight is 789 g/mol. The molecule has 0 aliphatic rings. The lowest BCUT2D eigenvalue weighted by molar-refractivity contribution is -0.137. The van der Waals surface area contributed by atoms with Crippen molar-refractivity contribution < 1.29 is 38.7 Å². The predicted molar refractivity (Wildman–Crippen MR) is 216 cm³/mol. The van der Waals surface area contributed by atoms with Crippen LogP contribution < -0.4 is 21.7 Å². The van der Waals surface area contributed by atoms with Crippen LogP contribution in [-0.4, -0.2) is 80.3 Å². The number of aliphatic hydroxyl groups is 1. The smallest absolute Gasteiger partial charge is 0.226 e. The number of aliphatic hydroxyl groups excluding tert-OH is 1. The number of unbranched alkanes of at least 4 members (excludes halogenated alkanes) is 12. The van der Waals surface area contributed by atoms with Gasteiger partial charge in [-0.1, -0.05) is 105 Å². The monoisotopic (exact) mass is 789 g/mol. The summed E-state index contributed by atoms with van der Waals surface area (Å²) in [6.45, 7) is 10.2. The Morgan fingerprint density at radius 3 is 1.77 bits per heavy atom. The lowest BCUT2D eigenvalue weighted by Gasteiger charge is -2.25. The van der Waals surface area contributed by atoms with E-state index in [0.29, 0.717) is 12.1 Å². The lowest BCUT2D eigenvalue weighted by atomic mass is 9.89. The summed E-state index contributed by atoms with van der Waals surface area (Å²) in [5.74, 6) is -6.12. The van der Waals surface area contributed by atoms with Crippen molar-refractivity contribution in [3.63, 3.8) is 0 Å². The fourth-order valence-corrected chi connectivity index (χ4v) is 6.72. The number of H-pyrrole nitrogens is 1. The van der Waals surface area contributed by atoms with Crippen molar-refractivity contribution in [2.45, 2.75) is 188 Å². The third-order valence-electron chi connectivity index (χ3n) is 10.3. The summed E-state index contributed by atoms with van der Waals surface area (Å²) in [7, 11) is 0. The van der Waals surface area contributed by atoms with Crippen LogP contribution in [0.1, 0.15) is 163 Å². The first-order valence-corrected chi connectivity index (χ1v) is 21.0. The number of imidazole rings is 1. The van der Waals surface area contributed by atoms with E-state index in [4.69, 9.17) is 5.73 Å². The van der Waals surface area contributed by atoms with E-state index in [1.54, 1.807) is 6.92 Å². The highest BCUT2D eigenvalue weighted by Gasteiger charge is 2.34. The number of nitrogens with two attached hydrogens (primary N) is 1. The first-order valence-electron chi connectivity index (χ1n) is 21.0. The molecule has 1 aromatic heterocycles. The highest BCUT2D eigenvalue weighted by atomic mass is 16.3. The SMILES string of the molecule is CCCCCCCCCCCCCCCC(=O)N[C@H](C(=O)C[C@@H](Cc1cnc[nH]1)C(=O)N[C@@H](C)C(=O)C[C@H](C(=O)N[C@@H](CC(N)=O)C(=O)CC)[C@@H](C)O)C(C)C. The number of ketones is 3. The summed E-state index contributed by atoms with van der Waals surface area (Å²) in [5, 5.41) is 18.3. The molecule has 56 heavy (non-hydrogen) atoms. The number of hydrogen-bond donors (Lipinski definition) is 6. The molecule has 1 rings (SSSR count). The molecular formula is C42H72N6O8. The first-order chi connectivity index (χ1) is 26.6. The molecule has 0 fully saturated rings. The van der Waals surface area contributed by atoms with Crippen LogP contribution in [0, 0.1) is 17.8 Å². The summed E-state index contributed by atoms with van der Waals surface area (Å²) < 4.78 is 0. The third kappa shape index (κ3) is 20.8. The molecule has 0 aliphatic carbocycles. The maximum Gasteiger partial charge on any atom is 0.226 e. The second-order valence-electron chi connectivity index (χ2n) is 15.7. The highest BCUT2D eigenvalue weighted by molar-refractivity contribution is 5.97. The van der Waals surface area contributed by atoms with Gasteiger partial charge in [-0.05, 0) is 26.2 Å². The Morgan fingerprint density at radius 2 is 1.29 bits per heavy atom. The Hall–Kier alpha value is -3.94. The normalized spacial score (nSPS) is 14.6. The van der Waals surface area contributed by atoms with Crippen LogP contribution in [0.3, 0.4) is 0 Å². The number of Topliss-reactive ketones (excluding diaryl/α,β-unsaturated/α-hetero) is 3. The molecular weight excluding hydrogens is 716 g/mol. The molecule has 14 nitrogen and oxygen atoms in total. The van der Waals surface area contributed by atoms with E-state index in [-0.39, 0.29) is 36.9 Å². The standard InChI is InChI=1S/C42H72N6O8/c1-7-9-10-11-12-13-14-15-16-17-18-19-20-21-39(54)48-40(28(3)4)37(52)23-31(22-32-26-44-27-45-32)41(55)46-29(5)36(51)24-33(30(6)49)42(56)47-34(25-38(43)53)35(50)8-2/h26-31,33-34,40,49H,7-25H2,1-6H3,(H2,43,53)(H,44,45)(H,46,55)(H,47,56)(H,48,54)/t29-,30+,31+,33-,34-,40-/m0/s1. The van der Waals surface area contributed by atoms with Gasteiger partial charge in [-0.15, -0.1) is 0 Å². The number of carbonyl (C=O) groups excluding carboxylic acids is 7. The molecule has 0 aliphatic heterocycles. The maximum absolute atomic E-state index is 13.7. The number of rotatable bonds is 33. The molecule has 0 saturated carbocycles. The highest BCUT2D eigenvalue weighted by Crippen LogP contribution is 2.19. The van der Waals surface area contributed by atoms with Gasteiger partial charge in [0.05, 0.1) is 48.8 Å². The van der Waals surface area contributed by atoms with Gasteiger partial charge in [0.25, 0.3) is 0 Å². The number of aromatic amines is 1. The number of nitrogens with zero attached hydrogens (tertiary/aromatic N) is 1. The van der Waals surface area contributed by atoms with Crippen molar-refractivity contribution in [1.82, 2.24) is 25.9 Å². The summed E-state index contributed by atoms with van der Waals surface area (Å²) in [4.78, 5) is 97.3. The van der Waals surface area contributed by atoms with Crippen LogP contribution in [0.5, 0.6) is 0 Å². The van der Waals surface area contributed by atoms with Gasteiger partial charge in [-0.25, -0.2) is 4.98 Å². The zero-order valence-corrected chi connectivity index (χ0v) is 35.0. The number of nitrogens with one attached hydrogen (secondary N) is 4. The van der Waals surface area contributed by atoms with Crippen molar-refractivity contribution in [3.05, 3.63) is 18.2 Å².